The van der Waals surface area contributed by atoms with Crippen LogP contribution in [-0.4, -0.2) is 21.8 Å². The highest BCUT2D eigenvalue weighted by atomic mass is 19.1. The van der Waals surface area contributed by atoms with Crippen LogP contribution >= 0.6 is 0 Å². The summed E-state index contributed by atoms with van der Waals surface area (Å²) < 4.78 is 26.1. The molecule has 1 aromatic carbocycles. The molecule has 1 aromatic rings. The summed E-state index contributed by atoms with van der Waals surface area (Å²) in [4.78, 5) is 11.1. The Hall–Kier alpha value is -1.49. The Morgan fingerprint density at radius 3 is 2.18 bits per heavy atom. The van der Waals surface area contributed by atoms with Crippen molar-refractivity contribution in [1.29, 1.82) is 0 Å². The third-order valence-corrected chi connectivity index (χ3v) is 2.80. The van der Waals surface area contributed by atoms with Gasteiger partial charge in [0.25, 0.3) is 0 Å². The van der Waals surface area contributed by atoms with Gasteiger partial charge in [0, 0.05) is 6.07 Å². The molecule has 2 atom stereocenters. The molecule has 94 valence electrons. The first kappa shape index (κ1) is 13.6. The third-order valence-electron chi connectivity index (χ3n) is 2.80. The molecule has 0 saturated carbocycles. The molecule has 0 aliphatic carbocycles. The lowest BCUT2D eigenvalue weighted by molar-refractivity contribution is -0.145. The summed E-state index contributed by atoms with van der Waals surface area (Å²) in [5, 5.41) is 19.0. The van der Waals surface area contributed by atoms with E-state index in [0.29, 0.717) is 6.07 Å². The molecule has 0 heterocycles. The van der Waals surface area contributed by atoms with E-state index < -0.39 is 29.1 Å². The number of rotatable bonds is 4. The highest BCUT2D eigenvalue weighted by Crippen LogP contribution is 2.32. The zero-order valence-electron chi connectivity index (χ0n) is 9.58. The molecule has 0 fully saturated rings. The maximum absolute atomic E-state index is 13.0. The van der Waals surface area contributed by atoms with Crippen molar-refractivity contribution in [3.05, 3.63) is 35.4 Å². The predicted molar refractivity (Wildman–Crippen MR) is 57.6 cm³/mol. The molecule has 0 spiro atoms. The van der Waals surface area contributed by atoms with Crippen molar-refractivity contribution in [1.82, 2.24) is 0 Å². The summed E-state index contributed by atoms with van der Waals surface area (Å²) in [5.41, 5.74) is -1.65. The van der Waals surface area contributed by atoms with Crippen LogP contribution < -0.4 is 0 Å². The first-order valence-electron chi connectivity index (χ1n) is 5.19. The quantitative estimate of drug-likeness (QED) is 0.854. The minimum absolute atomic E-state index is 0.0816. The van der Waals surface area contributed by atoms with E-state index in [1.807, 2.05) is 0 Å². The van der Waals surface area contributed by atoms with E-state index in [0.717, 1.165) is 12.1 Å². The van der Waals surface area contributed by atoms with Gasteiger partial charge in [0.1, 0.15) is 17.6 Å². The summed E-state index contributed by atoms with van der Waals surface area (Å²) in [6.45, 7) is 2.93. The lowest BCUT2D eigenvalue weighted by atomic mass is 9.81. The van der Waals surface area contributed by atoms with Crippen LogP contribution in [0.4, 0.5) is 8.78 Å². The number of hydrogen-bond acceptors (Lipinski definition) is 2. The lowest BCUT2D eigenvalue weighted by Crippen LogP contribution is -2.37. The van der Waals surface area contributed by atoms with Crippen LogP contribution in [0.25, 0.3) is 0 Å². The third kappa shape index (κ3) is 3.00. The number of halogens is 2. The smallest absolute Gasteiger partial charge is 0.313 e. The van der Waals surface area contributed by atoms with E-state index >= 15 is 0 Å². The fourth-order valence-electron chi connectivity index (χ4n) is 1.71. The first-order chi connectivity index (χ1) is 7.77. The molecule has 3 nitrogen and oxygen atoms in total. The van der Waals surface area contributed by atoms with Crippen LogP contribution in [0, 0.1) is 11.6 Å². The molecule has 2 N–H and O–H groups in total. The Bertz CT molecular complexity index is 410. The fraction of sp³-hybridized carbons (Fsp3) is 0.417. The number of carboxylic acid groups (broad SMARTS) is 1. The molecule has 1 rings (SSSR count). The topological polar surface area (TPSA) is 57.5 Å². The van der Waals surface area contributed by atoms with E-state index in [9.17, 15) is 18.7 Å². The Kier molecular flexibility index (Phi) is 3.83. The minimum Gasteiger partial charge on any atom is -0.481 e. The van der Waals surface area contributed by atoms with E-state index in [2.05, 4.69) is 0 Å². The summed E-state index contributed by atoms with van der Waals surface area (Å²) >= 11 is 0. The molecule has 17 heavy (non-hydrogen) atoms. The van der Waals surface area contributed by atoms with Gasteiger partial charge in [-0.3, -0.25) is 4.79 Å². The minimum atomic E-state index is -1.56. The molecular weight excluding hydrogens is 230 g/mol. The van der Waals surface area contributed by atoms with E-state index in [-0.39, 0.29) is 12.0 Å². The van der Waals surface area contributed by atoms with Crippen molar-refractivity contribution in [3.8, 4) is 0 Å². The van der Waals surface area contributed by atoms with Crippen LogP contribution in [0.3, 0.4) is 0 Å². The van der Waals surface area contributed by atoms with Crippen molar-refractivity contribution in [2.45, 2.75) is 31.8 Å². The lowest BCUT2D eigenvalue weighted by Gasteiger charge is -2.29. The van der Waals surface area contributed by atoms with Gasteiger partial charge in [-0.2, -0.15) is 0 Å². The van der Waals surface area contributed by atoms with Crippen LogP contribution in [0.5, 0.6) is 0 Å². The highest BCUT2D eigenvalue weighted by Gasteiger charge is 2.37. The SMILES string of the molecule is CCC(C)(O)C(C(=O)O)c1cc(F)cc(F)c1. The van der Waals surface area contributed by atoms with Crippen LogP contribution in [0.1, 0.15) is 31.7 Å². The molecule has 0 aliphatic heterocycles. The van der Waals surface area contributed by atoms with E-state index in [1.54, 1.807) is 6.92 Å². The van der Waals surface area contributed by atoms with Crippen LogP contribution in [-0.2, 0) is 4.79 Å². The number of aliphatic carboxylic acids is 1. The summed E-state index contributed by atoms with van der Waals surface area (Å²) in [6.07, 6.45) is 0.155. The summed E-state index contributed by atoms with van der Waals surface area (Å²) in [7, 11) is 0. The first-order valence-corrected chi connectivity index (χ1v) is 5.19. The van der Waals surface area contributed by atoms with E-state index in [4.69, 9.17) is 5.11 Å². The van der Waals surface area contributed by atoms with Gasteiger partial charge in [-0.15, -0.1) is 0 Å². The molecule has 0 radical (unpaired) electrons. The van der Waals surface area contributed by atoms with Gasteiger partial charge in [0.2, 0.25) is 0 Å². The van der Waals surface area contributed by atoms with Crippen LogP contribution in [0.15, 0.2) is 18.2 Å². The molecule has 0 aliphatic rings. The second-order valence-electron chi connectivity index (χ2n) is 4.18. The van der Waals surface area contributed by atoms with Gasteiger partial charge >= 0.3 is 5.97 Å². The zero-order valence-corrected chi connectivity index (χ0v) is 9.58. The van der Waals surface area contributed by atoms with Gasteiger partial charge in [-0.05, 0) is 31.0 Å². The molecule has 0 bridgehead atoms. The number of hydrogen-bond donors (Lipinski definition) is 2. The Labute approximate surface area is 97.7 Å². The average Bonchev–Trinajstić information content (AvgIpc) is 2.14. The van der Waals surface area contributed by atoms with Gasteiger partial charge in [0.05, 0.1) is 5.60 Å². The fourth-order valence-corrected chi connectivity index (χ4v) is 1.71. The van der Waals surface area contributed by atoms with Gasteiger partial charge in [-0.1, -0.05) is 6.92 Å². The number of carbonyl (C=O) groups is 1. The van der Waals surface area contributed by atoms with Crippen molar-refractivity contribution >= 4 is 5.97 Å². The molecule has 5 heteroatoms. The normalized spacial score (nSPS) is 16.3. The number of carboxylic acids is 1. The van der Waals surface area contributed by atoms with Crippen molar-refractivity contribution in [2.24, 2.45) is 0 Å². The average molecular weight is 244 g/mol. The standard InChI is InChI=1S/C12H14F2O3/c1-3-12(2,17)10(11(15)16)7-4-8(13)6-9(14)5-7/h4-6,10,17H,3H2,1-2H3,(H,15,16). The molecular formula is C12H14F2O3. The highest BCUT2D eigenvalue weighted by molar-refractivity contribution is 5.77. The zero-order chi connectivity index (χ0) is 13.2. The molecule has 0 amide bonds. The Morgan fingerprint density at radius 2 is 1.82 bits per heavy atom. The summed E-state index contributed by atoms with van der Waals surface area (Å²) in [5.74, 6) is -4.41. The van der Waals surface area contributed by atoms with Gasteiger partial charge in [0.15, 0.2) is 0 Å². The van der Waals surface area contributed by atoms with Gasteiger partial charge in [-0.25, -0.2) is 8.78 Å². The van der Waals surface area contributed by atoms with Crippen molar-refractivity contribution < 1.29 is 23.8 Å². The molecule has 0 aromatic heterocycles. The second-order valence-corrected chi connectivity index (χ2v) is 4.18. The van der Waals surface area contributed by atoms with Crippen LogP contribution in [0.2, 0.25) is 0 Å². The van der Waals surface area contributed by atoms with E-state index in [1.165, 1.54) is 6.92 Å². The largest absolute Gasteiger partial charge is 0.481 e. The maximum atomic E-state index is 13.0. The van der Waals surface area contributed by atoms with Gasteiger partial charge < -0.3 is 10.2 Å². The maximum Gasteiger partial charge on any atom is 0.313 e. The summed E-state index contributed by atoms with van der Waals surface area (Å²) in [6, 6.07) is 2.50. The van der Waals surface area contributed by atoms with Crippen molar-refractivity contribution in [3.63, 3.8) is 0 Å². The van der Waals surface area contributed by atoms with Crippen molar-refractivity contribution in [2.75, 3.05) is 0 Å². The monoisotopic (exact) mass is 244 g/mol. The Balaban J connectivity index is 3.28. The second kappa shape index (κ2) is 4.79. The Morgan fingerprint density at radius 1 is 1.35 bits per heavy atom. The molecule has 2 unspecified atom stereocenters. The predicted octanol–water partition coefficient (Wildman–Crippen LogP) is 2.29. The number of aliphatic hydroxyl groups is 1. The molecule has 0 saturated heterocycles. The number of benzene rings is 1.